The number of aromatic nitrogens is 1. The van der Waals surface area contributed by atoms with Crippen LogP contribution in [0, 0.1) is 11.3 Å². The van der Waals surface area contributed by atoms with Gasteiger partial charge in [-0.2, -0.15) is 5.26 Å². The van der Waals surface area contributed by atoms with Gasteiger partial charge in [0.05, 0.1) is 6.10 Å². The Morgan fingerprint density at radius 3 is 3.12 bits per heavy atom. The normalized spacial score (nSPS) is 19.5. The van der Waals surface area contributed by atoms with E-state index in [1.165, 1.54) is 12.3 Å². The molecule has 5 heteroatoms. The van der Waals surface area contributed by atoms with Gasteiger partial charge in [0.1, 0.15) is 11.8 Å². The number of aliphatic hydroxyl groups excluding tert-OH is 1. The van der Waals surface area contributed by atoms with E-state index in [9.17, 15) is 9.90 Å². The predicted molar refractivity (Wildman–Crippen MR) is 55.5 cm³/mol. The van der Waals surface area contributed by atoms with Crippen LogP contribution in [0.5, 0.6) is 0 Å². The maximum absolute atomic E-state index is 11.9. The molecule has 0 radical (unpaired) electrons. The first kappa shape index (κ1) is 10.6. The molecule has 16 heavy (non-hydrogen) atoms. The van der Waals surface area contributed by atoms with Crippen LogP contribution in [0.4, 0.5) is 0 Å². The van der Waals surface area contributed by atoms with Gasteiger partial charge in [-0.25, -0.2) is 4.98 Å². The molecule has 1 unspecified atom stereocenters. The first-order valence-corrected chi connectivity index (χ1v) is 5.04. The molecule has 2 heterocycles. The number of likely N-dealkylation sites (tertiary alicyclic amines) is 1. The van der Waals surface area contributed by atoms with Crippen LogP contribution in [-0.4, -0.2) is 40.1 Å². The Bertz CT molecular complexity index is 453. The second-order valence-electron chi connectivity index (χ2n) is 3.74. The molecule has 0 saturated carbocycles. The van der Waals surface area contributed by atoms with Crippen LogP contribution in [0.3, 0.4) is 0 Å². The number of pyridine rings is 1. The topological polar surface area (TPSA) is 77.2 Å². The fraction of sp³-hybridized carbons (Fsp3) is 0.364. The van der Waals surface area contributed by atoms with Crippen LogP contribution in [0.15, 0.2) is 18.3 Å². The summed E-state index contributed by atoms with van der Waals surface area (Å²) in [5, 5.41) is 18.0. The van der Waals surface area contributed by atoms with Gasteiger partial charge in [-0.05, 0) is 18.6 Å². The van der Waals surface area contributed by atoms with E-state index in [1.54, 1.807) is 11.0 Å². The van der Waals surface area contributed by atoms with E-state index in [-0.39, 0.29) is 11.6 Å². The monoisotopic (exact) mass is 217 g/mol. The number of hydrogen-bond acceptors (Lipinski definition) is 4. The van der Waals surface area contributed by atoms with Crippen LogP contribution in [0.1, 0.15) is 22.5 Å². The number of β-amino-alcohol motifs (C(OH)–C–C–N with tert-alkyl or cyclic N) is 1. The molecule has 1 atom stereocenters. The molecule has 1 fully saturated rings. The number of nitrogens with zero attached hydrogens (tertiary/aromatic N) is 3. The van der Waals surface area contributed by atoms with E-state index in [1.807, 2.05) is 6.07 Å². The molecule has 1 aromatic heterocycles. The smallest absolute Gasteiger partial charge is 0.254 e. The fourth-order valence-corrected chi connectivity index (χ4v) is 1.73. The summed E-state index contributed by atoms with van der Waals surface area (Å²) in [6.45, 7) is 0.924. The number of aliphatic hydroxyl groups is 1. The largest absolute Gasteiger partial charge is 0.391 e. The van der Waals surface area contributed by atoms with Crippen molar-refractivity contribution in [3.63, 3.8) is 0 Å². The number of hydrogen-bond donors (Lipinski definition) is 1. The third kappa shape index (κ3) is 2.02. The minimum atomic E-state index is -0.429. The summed E-state index contributed by atoms with van der Waals surface area (Å²) in [5.74, 6) is -0.157. The zero-order valence-corrected chi connectivity index (χ0v) is 8.63. The third-order valence-corrected chi connectivity index (χ3v) is 2.57. The highest BCUT2D eigenvalue weighted by molar-refractivity contribution is 5.94. The zero-order chi connectivity index (χ0) is 11.5. The van der Waals surface area contributed by atoms with Crippen LogP contribution >= 0.6 is 0 Å². The van der Waals surface area contributed by atoms with Crippen molar-refractivity contribution in [2.75, 3.05) is 13.1 Å². The molecule has 0 spiro atoms. The van der Waals surface area contributed by atoms with Crippen molar-refractivity contribution in [3.8, 4) is 6.07 Å². The van der Waals surface area contributed by atoms with E-state index in [4.69, 9.17) is 5.26 Å². The molecule has 0 bridgehead atoms. The van der Waals surface area contributed by atoms with Crippen LogP contribution in [0.25, 0.3) is 0 Å². The van der Waals surface area contributed by atoms with E-state index >= 15 is 0 Å². The van der Waals surface area contributed by atoms with Crippen molar-refractivity contribution in [1.82, 2.24) is 9.88 Å². The number of carbonyl (C=O) groups excluding carboxylic acids is 1. The molecule has 82 valence electrons. The molecular weight excluding hydrogens is 206 g/mol. The lowest BCUT2D eigenvalue weighted by molar-refractivity contribution is 0.0765. The van der Waals surface area contributed by atoms with Crippen molar-refractivity contribution in [2.24, 2.45) is 0 Å². The molecule has 1 aliphatic heterocycles. The molecule has 1 aromatic rings. The molecule has 1 amide bonds. The Morgan fingerprint density at radius 1 is 1.69 bits per heavy atom. The molecule has 1 saturated heterocycles. The molecule has 2 rings (SSSR count). The second-order valence-corrected chi connectivity index (χ2v) is 3.74. The van der Waals surface area contributed by atoms with Gasteiger partial charge >= 0.3 is 0 Å². The highest BCUT2D eigenvalue weighted by Gasteiger charge is 2.25. The minimum Gasteiger partial charge on any atom is -0.391 e. The summed E-state index contributed by atoms with van der Waals surface area (Å²) in [6, 6.07) is 4.93. The standard InChI is InChI=1S/C11H11N3O2/c12-6-9-5-8(1-3-13-9)11(16)14-4-2-10(15)7-14/h1,3,5,10,15H,2,4,7H2. The van der Waals surface area contributed by atoms with Gasteiger partial charge in [-0.1, -0.05) is 0 Å². The summed E-state index contributed by atoms with van der Waals surface area (Å²) in [4.78, 5) is 17.3. The molecule has 1 N–H and O–H groups in total. The summed E-state index contributed by atoms with van der Waals surface area (Å²) < 4.78 is 0. The predicted octanol–water partition coefficient (Wildman–Crippen LogP) is 0.160. The average Bonchev–Trinajstić information content (AvgIpc) is 2.75. The third-order valence-electron chi connectivity index (χ3n) is 2.57. The summed E-state index contributed by atoms with van der Waals surface area (Å²) in [7, 11) is 0. The Morgan fingerprint density at radius 2 is 2.50 bits per heavy atom. The van der Waals surface area contributed by atoms with Crippen LogP contribution < -0.4 is 0 Å². The van der Waals surface area contributed by atoms with E-state index in [2.05, 4.69) is 4.98 Å². The van der Waals surface area contributed by atoms with Crippen molar-refractivity contribution in [3.05, 3.63) is 29.6 Å². The number of nitriles is 1. The average molecular weight is 217 g/mol. The van der Waals surface area contributed by atoms with Gasteiger partial charge in [0.15, 0.2) is 0 Å². The Labute approximate surface area is 92.9 Å². The summed E-state index contributed by atoms with van der Waals surface area (Å²) >= 11 is 0. The van der Waals surface area contributed by atoms with Gasteiger partial charge in [-0.3, -0.25) is 4.79 Å². The highest BCUT2D eigenvalue weighted by atomic mass is 16.3. The van der Waals surface area contributed by atoms with Gasteiger partial charge in [0, 0.05) is 24.8 Å². The fourth-order valence-electron chi connectivity index (χ4n) is 1.73. The number of carbonyl (C=O) groups is 1. The van der Waals surface area contributed by atoms with Crippen LogP contribution in [0.2, 0.25) is 0 Å². The Hall–Kier alpha value is -1.93. The summed E-state index contributed by atoms with van der Waals surface area (Å²) in [6.07, 6.45) is 1.63. The van der Waals surface area contributed by atoms with Crippen molar-refractivity contribution in [1.29, 1.82) is 5.26 Å². The van der Waals surface area contributed by atoms with Crippen molar-refractivity contribution >= 4 is 5.91 Å². The lowest BCUT2D eigenvalue weighted by atomic mass is 10.2. The highest BCUT2D eigenvalue weighted by Crippen LogP contribution is 2.13. The number of rotatable bonds is 1. The van der Waals surface area contributed by atoms with Gasteiger partial charge < -0.3 is 10.0 Å². The molecule has 0 aliphatic carbocycles. The SMILES string of the molecule is N#Cc1cc(C(=O)N2CCC(O)C2)ccn1. The van der Waals surface area contributed by atoms with Gasteiger partial charge in [-0.15, -0.1) is 0 Å². The Kier molecular flexibility index (Phi) is 2.84. The molecule has 1 aliphatic rings. The van der Waals surface area contributed by atoms with Crippen LogP contribution in [-0.2, 0) is 0 Å². The maximum Gasteiger partial charge on any atom is 0.254 e. The zero-order valence-electron chi connectivity index (χ0n) is 8.63. The lowest BCUT2D eigenvalue weighted by Crippen LogP contribution is -2.29. The summed E-state index contributed by atoms with van der Waals surface area (Å²) in [5.41, 5.74) is 0.672. The maximum atomic E-state index is 11.9. The van der Waals surface area contributed by atoms with Gasteiger partial charge in [0.25, 0.3) is 5.91 Å². The molecule has 5 nitrogen and oxygen atoms in total. The quantitative estimate of drug-likeness (QED) is 0.726. The van der Waals surface area contributed by atoms with Gasteiger partial charge in [0.2, 0.25) is 0 Å². The molecule has 0 aromatic carbocycles. The lowest BCUT2D eigenvalue weighted by Gasteiger charge is -2.15. The van der Waals surface area contributed by atoms with E-state index in [0.29, 0.717) is 25.1 Å². The first-order chi connectivity index (χ1) is 7.70. The number of amides is 1. The van der Waals surface area contributed by atoms with Crippen molar-refractivity contribution < 1.29 is 9.90 Å². The van der Waals surface area contributed by atoms with E-state index < -0.39 is 6.10 Å². The second kappa shape index (κ2) is 4.29. The Balaban J connectivity index is 2.18. The van der Waals surface area contributed by atoms with E-state index in [0.717, 1.165) is 0 Å². The minimum absolute atomic E-state index is 0.157. The van der Waals surface area contributed by atoms with Crippen molar-refractivity contribution in [2.45, 2.75) is 12.5 Å². The first-order valence-electron chi connectivity index (χ1n) is 5.04. The molecular formula is C11H11N3O2.